The van der Waals surface area contributed by atoms with Crippen molar-refractivity contribution in [2.45, 2.75) is 46.0 Å². The average Bonchev–Trinajstić information content (AvgIpc) is 2.52. The topological polar surface area (TPSA) is 32.3 Å². The lowest BCUT2D eigenvalue weighted by atomic mass is 9.92. The van der Waals surface area contributed by atoms with Crippen LogP contribution in [0.3, 0.4) is 0 Å². The Morgan fingerprint density at radius 1 is 1.38 bits per heavy atom. The molecule has 2 atom stereocenters. The van der Waals surface area contributed by atoms with Crippen LogP contribution in [0.1, 0.15) is 38.3 Å². The van der Waals surface area contributed by atoms with Gasteiger partial charge in [-0.15, -0.1) is 0 Å². The van der Waals surface area contributed by atoms with Crippen molar-refractivity contribution in [1.82, 2.24) is 10.2 Å². The number of amides is 1. The largest absolute Gasteiger partial charge is 0.416 e. The fourth-order valence-corrected chi connectivity index (χ4v) is 3.12. The quantitative estimate of drug-likeness (QED) is 0.905. The van der Waals surface area contributed by atoms with Gasteiger partial charge < -0.3 is 10.2 Å². The van der Waals surface area contributed by atoms with Gasteiger partial charge in [0, 0.05) is 31.6 Å². The fraction of sp³-hybridized carbons (Fsp3) is 0.611. The zero-order valence-electron chi connectivity index (χ0n) is 14.4. The first-order valence-electron chi connectivity index (χ1n) is 8.36. The first-order valence-corrected chi connectivity index (χ1v) is 8.36. The van der Waals surface area contributed by atoms with Gasteiger partial charge in [-0.05, 0) is 24.0 Å². The summed E-state index contributed by atoms with van der Waals surface area (Å²) in [6.07, 6.45) is -3.50. The summed E-state index contributed by atoms with van der Waals surface area (Å²) < 4.78 is 38.3. The van der Waals surface area contributed by atoms with E-state index in [-0.39, 0.29) is 23.8 Å². The Labute approximate surface area is 141 Å². The summed E-state index contributed by atoms with van der Waals surface area (Å²) >= 11 is 0. The van der Waals surface area contributed by atoms with Crippen molar-refractivity contribution >= 4 is 5.91 Å². The van der Waals surface area contributed by atoms with E-state index in [2.05, 4.69) is 12.2 Å². The molecule has 3 nitrogen and oxygen atoms in total. The minimum absolute atomic E-state index is 0.00758. The smallest absolute Gasteiger partial charge is 0.342 e. The van der Waals surface area contributed by atoms with Gasteiger partial charge in [0.2, 0.25) is 5.91 Å². The number of hydrogen-bond acceptors (Lipinski definition) is 2. The van der Waals surface area contributed by atoms with Gasteiger partial charge in [0.15, 0.2) is 0 Å². The monoisotopic (exact) mass is 342 g/mol. The van der Waals surface area contributed by atoms with E-state index in [9.17, 15) is 18.0 Å². The van der Waals surface area contributed by atoms with E-state index < -0.39 is 11.7 Å². The molecule has 134 valence electrons. The Morgan fingerprint density at radius 3 is 2.67 bits per heavy atom. The average molecular weight is 342 g/mol. The van der Waals surface area contributed by atoms with Crippen molar-refractivity contribution in [2.24, 2.45) is 11.8 Å². The number of benzene rings is 1. The number of nitrogens with one attached hydrogen (secondary N) is 1. The SMILES string of the molecule is CC(C)C(=O)N1CC[C@H](NCc2cccc(C(F)(F)F)c2)[C@H](C)C1. The summed E-state index contributed by atoms with van der Waals surface area (Å²) in [5.41, 5.74) is 0.00455. The lowest BCUT2D eigenvalue weighted by Gasteiger charge is -2.38. The molecule has 0 aliphatic carbocycles. The predicted octanol–water partition coefficient (Wildman–Crippen LogP) is 3.69. The number of carbonyl (C=O) groups is 1. The molecule has 1 aromatic rings. The van der Waals surface area contributed by atoms with Crippen molar-refractivity contribution in [3.05, 3.63) is 35.4 Å². The van der Waals surface area contributed by atoms with Crippen LogP contribution in [0.25, 0.3) is 0 Å². The highest BCUT2D eigenvalue weighted by Gasteiger charge is 2.31. The highest BCUT2D eigenvalue weighted by molar-refractivity contribution is 5.78. The molecule has 1 aliphatic heterocycles. The molecule has 0 unspecified atom stereocenters. The van der Waals surface area contributed by atoms with Gasteiger partial charge in [0.05, 0.1) is 5.56 Å². The van der Waals surface area contributed by atoms with Crippen LogP contribution in [0.5, 0.6) is 0 Å². The van der Waals surface area contributed by atoms with E-state index in [1.165, 1.54) is 12.1 Å². The van der Waals surface area contributed by atoms with Crippen LogP contribution in [0.15, 0.2) is 24.3 Å². The normalized spacial score (nSPS) is 22.0. The molecule has 0 saturated carbocycles. The van der Waals surface area contributed by atoms with Crippen LogP contribution < -0.4 is 5.32 Å². The lowest BCUT2D eigenvalue weighted by molar-refractivity contribution is -0.138. The summed E-state index contributed by atoms with van der Waals surface area (Å²) in [6, 6.07) is 5.62. The van der Waals surface area contributed by atoms with E-state index in [0.717, 1.165) is 12.5 Å². The molecular weight excluding hydrogens is 317 g/mol. The highest BCUT2D eigenvalue weighted by atomic mass is 19.4. The van der Waals surface area contributed by atoms with Gasteiger partial charge >= 0.3 is 6.18 Å². The van der Waals surface area contributed by atoms with Crippen LogP contribution in [-0.4, -0.2) is 29.9 Å². The number of hydrogen-bond donors (Lipinski definition) is 1. The summed E-state index contributed by atoms with van der Waals surface area (Å²) in [5.74, 6) is 0.428. The van der Waals surface area contributed by atoms with Crippen molar-refractivity contribution in [2.75, 3.05) is 13.1 Å². The number of halogens is 3. The molecule has 1 fully saturated rings. The summed E-state index contributed by atoms with van der Waals surface area (Å²) in [4.78, 5) is 13.9. The van der Waals surface area contributed by atoms with Gasteiger partial charge in [-0.1, -0.05) is 39.0 Å². The van der Waals surface area contributed by atoms with Crippen LogP contribution in [0.4, 0.5) is 13.2 Å². The van der Waals surface area contributed by atoms with E-state index in [0.29, 0.717) is 25.2 Å². The maximum atomic E-state index is 12.8. The van der Waals surface area contributed by atoms with E-state index in [1.807, 2.05) is 18.7 Å². The Kier molecular flexibility index (Phi) is 5.91. The Hall–Kier alpha value is -1.56. The highest BCUT2D eigenvalue weighted by Crippen LogP contribution is 2.29. The lowest BCUT2D eigenvalue weighted by Crippen LogP contribution is -2.50. The van der Waals surface area contributed by atoms with Gasteiger partial charge in [0.1, 0.15) is 0 Å². The third-order valence-corrected chi connectivity index (χ3v) is 4.53. The Bertz CT molecular complexity index is 572. The van der Waals surface area contributed by atoms with Crippen LogP contribution in [0, 0.1) is 11.8 Å². The molecular formula is C18H25F3N2O. The summed E-state index contributed by atoms with van der Waals surface area (Å²) in [5, 5.41) is 3.35. The van der Waals surface area contributed by atoms with Crippen LogP contribution in [0.2, 0.25) is 0 Å². The van der Waals surface area contributed by atoms with Gasteiger partial charge in [-0.3, -0.25) is 4.79 Å². The number of likely N-dealkylation sites (tertiary alicyclic amines) is 1. The van der Waals surface area contributed by atoms with E-state index >= 15 is 0 Å². The second-order valence-corrected chi connectivity index (χ2v) is 6.89. The number of nitrogens with zero attached hydrogens (tertiary/aromatic N) is 1. The summed E-state index contributed by atoms with van der Waals surface area (Å²) in [6.45, 7) is 7.65. The minimum Gasteiger partial charge on any atom is -0.342 e. The van der Waals surface area contributed by atoms with Crippen molar-refractivity contribution in [3.8, 4) is 0 Å². The van der Waals surface area contributed by atoms with Gasteiger partial charge in [-0.2, -0.15) is 13.2 Å². The number of piperidine rings is 1. The van der Waals surface area contributed by atoms with Crippen LogP contribution in [-0.2, 0) is 17.5 Å². The second-order valence-electron chi connectivity index (χ2n) is 6.89. The molecule has 0 bridgehead atoms. The molecule has 1 heterocycles. The number of carbonyl (C=O) groups excluding carboxylic acids is 1. The van der Waals surface area contributed by atoms with E-state index in [1.54, 1.807) is 6.07 Å². The number of rotatable bonds is 4. The third-order valence-electron chi connectivity index (χ3n) is 4.53. The Balaban J connectivity index is 1.91. The molecule has 1 N–H and O–H groups in total. The minimum atomic E-state index is -4.31. The summed E-state index contributed by atoms with van der Waals surface area (Å²) in [7, 11) is 0. The molecule has 1 amide bonds. The van der Waals surface area contributed by atoms with Crippen molar-refractivity contribution in [3.63, 3.8) is 0 Å². The van der Waals surface area contributed by atoms with Crippen molar-refractivity contribution in [1.29, 1.82) is 0 Å². The second kappa shape index (κ2) is 7.55. The molecule has 0 radical (unpaired) electrons. The molecule has 1 saturated heterocycles. The standard InChI is InChI=1S/C18H25F3N2O/c1-12(2)17(24)23-8-7-16(13(3)11-23)22-10-14-5-4-6-15(9-14)18(19,20)21/h4-6,9,12-13,16,22H,7-8,10-11H2,1-3H3/t13-,16+/m1/s1. The molecule has 24 heavy (non-hydrogen) atoms. The molecule has 6 heteroatoms. The molecule has 2 rings (SSSR count). The Morgan fingerprint density at radius 2 is 2.08 bits per heavy atom. The maximum Gasteiger partial charge on any atom is 0.416 e. The molecule has 1 aliphatic rings. The zero-order valence-corrected chi connectivity index (χ0v) is 14.4. The molecule has 1 aromatic carbocycles. The predicted molar refractivity (Wildman–Crippen MR) is 87.3 cm³/mol. The van der Waals surface area contributed by atoms with Gasteiger partial charge in [-0.25, -0.2) is 0 Å². The van der Waals surface area contributed by atoms with E-state index in [4.69, 9.17) is 0 Å². The number of alkyl halides is 3. The fourth-order valence-electron chi connectivity index (χ4n) is 3.12. The van der Waals surface area contributed by atoms with Gasteiger partial charge in [0.25, 0.3) is 0 Å². The maximum absolute atomic E-state index is 12.8. The first kappa shape index (κ1) is 18.8. The first-order chi connectivity index (χ1) is 11.2. The zero-order chi connectivity index (χ0) is 17.9. The molecule has 0 aromatic heterocycles. The molecule has 0 spiro atoms. The van der Waals surface area contributed by atoms with Crippen LogP contribution >= 0.6 is 0 Å². The van der Waals surface area contributed by atoms with Crippen molar-refractivity contribution < 1.29 is 18.0 Å². The third kappa shape index (κ3) is 4.72.